The summed E-state index contributed by atoms with van der Waals surface area (Å²) in [4.78, 5) is 4.11. The molecule has 1 aliphatic rings. The molecule has 2 aromatic rings. The molecule has 1 aromatic heterocycles. The van der Waals surface area contributed by atoms with Crippen LogP contribution in [-0.4, -0.2) is 11.0 Å². The van der Waals surface area contributed by atoms with E-state index >= 15 is 0 Å². The Labute approximate surface area is 114 Å². The molecule has 1 N–H and O–H groups in total. The summed E-state index contributed by atoms with van der Waals surface area (Å²) < 4.78 is 44.6. The molecule has 0 spiro atoms. The third-order valence-corrected chi connectivity index (χ3v) is 3.37. The van der Waals surface area contributed by atoms with E-state index in [1.54, 1.807) is 13.0 Å². The highest BCUT2D eigenvalue weighted by Gasteiger charge is 2.35. The normalized spacial score (nSPS) is 16.0. The quantitative estimate of drug-likeness (QED) is 0.931. The molecule has 1 saturated carbocycles. The molecule has 1 fully saturated rings. The van der Waals surface area contributed by atoms with Crippen molar-refractivity contribution < 1.29 is 17.6 Å². The number of halogens is 3. The van der Waals surface area contributed by atoms with Gasteiger partial charge in [-0.2, -0.15) is 13.2 Å². The van der Waals surface area contributed by atoms with Crippen molar-refractivity contribution in [3.05, 3.63) is 29.2 Å². The SMILES string of the molecule is CCc1nc2cc(CNC3CC3)cc(C(F)(F)F)c2o1. The zero-order valence-electron chi connectivity index (χ0n) is 11.0. The Morgan fingerprint density at radius 2 is 2.10 bits per heavy atom. The van der Waals surface area contributed by atoms with E-state index in [0.717, 1.165) is 18.9 Å². The highest BCUT2D eigenvalue weighted by atomic mass is 19.4. The molecule has 0 bridgehead atoms. The number of nitrogens with one attached hydrogen (secondary N) is 1. The van der Waals surface area contributed by atoms with Crippen molar-refractivity contribution >= 4 is 11.1 Å². The molecule has 1 aromatic carbocycles. The zero-order chi connectivity index (χ0) is 14.3. The van der Waals surface area contributed by atoms with Gasteiger partial charge in [0.1, 0.15) is 11.1 Å². The number of nitrogens with zero attached hydrogens (tertiary/aromatic N) is 1. The van der Waals surface area contributed by atoms with Crippen LogP contribution >= 0.6 is 0 Å². The predicted octanol–water partition coefficient (Wildman–Crippen LogP) is 3.66. The summed E-state index contributed by atoms with van der Waals surface area (Å²) in [6, 6.07) is 3.27. The molecule has 0 saturated heterocycles. The fourth-order valence-corrected chi connectivity index (χ4v) is 2.15. The third-order valence-electron chi connectivity index (χ3n) is 3.37. The molecule has 20 heavy (non-hydrogen) atoms. The van der Waals surface area contributed by atoms with Crippen molar-refractivity contribution in [2.45, 2.75) is 44.9 Å². The molecule has 1 aliphatic carbocycles. The molecule has 0 aliphatic heterocycles. The molecule has 108 valence electrons. The van der Waals surface area contributed by atoms with Gasteiger partial charge in [0.2, 0.25) is 0 Å². The summed E-state index contributed by atoms with van der Waals surface area (Å²) in [5.41, 5.74) is -0.0312. The summed E-state index contributed by atoms with van der Waals surface area (Å²) in [5, 5.41) is 3.21. The Kier molecular flexibility index (Phi) is 3.20. The van der Waals surface area contributed by atoms with Crippen molar-refractivity contribution in [2.75, 3.05) is 0 Å². The second-order valence-electron chi connectivity index (χ2n) is 5.11. The van der Waals surface area contributed by atoms with Gasteiger partial charge in [0.25, 0.3) is 0 Å². The molecular weight excluding hydrogens is 269 g/mol. The molecule has 3 rings (SSSR count). The highest BCUT2D eigenvalue weighted by molar-refractivity contribution is 5.78. The van der Waals surface area contributed by atoms with E-state index in [4.69, 9.17) is 4.42 Å². The third kappa shape index (κ3) is 2.65. The number of alkyl halides is 3. The minimum atomic E-state index is -4.43. The lowest BCUT2D eigenvalue weighted by Crippen LogP contribution is -2.16. The minimum absolute atomic E-state index is 0.162. The van der Waals surface area contributed by atoms with Crippen LogP contribution < -0.4 is 5.32 Å². The molecule has 0 atom stereocenters. The lowest BCUT2D eigenvalue weighted by atomic mass is 10.1. The summed E-state index contributed by atoms with van der Waals surface area (Å²) in [6.07, 6.45) is -1.77. The summed E-state index contributed by atoms with van der Waals surface area (Å²) in [5.74, 6) is 0.331. The lowest BCUT2D eigenvalue weighted by molar-refractivity contribution is -0.136. The van der Waals surface area contributed by atoms with Gasteiger partial charge in [-0.15, -0.1) is 0 Å². The minimum Gasteiger partial charge on any atom is -0.440 e. The average molecular weight is 284 g/mol. The van der Waals surface area contributed by atoms with E-state index in [1.165, 1.54) is 0 Å². The Morgan fingerprint density at radius 3 is 2.70 bits per heavy atom. The second kappa shape index (κ2) is 4.77. The van der Waals surface area contributed by atoms with Crippen LogP contribution in [-0.2, 0) is 19.1 Å². The van der Waals surface area contributed by atoms with Crippen molar-refractivity contribution in [2.24, 2.45) is 0 Å². The fraction of sp³-hybridized carbons (Fsp3) is 0.500. The van der Waals surface area contributed by atoms with E-state index in [9.17, 15) is 13.2 Å². The number of aromatic nitrogens is 1. The molecule has 6 heteroatoms. The topological polar surface area (TPSA) is 38.1 Å². The molecule has 0 unspecified atom stereocenters. The van der Waals surface area contributed by atoms with Crippen LogP contribution in [0.4, 0.5) is 13.2 Å². The number of aryl methyl sites for hydroxylation is 1. The molecule has 3 nitrogen and oxygen atoms in total. The Bertz CT molecular complexity index is 629. The molecular formula is C14H15F3N2O. The van der Waals surface area contributed by atoms with Crippen molar-refractivity contribution in [1.29, 1.82) is 0 Å². The predicted molar refractivity (Wildman–Crippen MR) is 68.3 cm³/mol. The number of rotatable bonds is 4. The monoisotopic (exact) mass is 284 g/mol. The second-order valence-corrected chi connectivity index (χ2v) is 5.11. The molecule has 1 heterocycles. The van der Waals surface area contributed by atoms with Gasteiger partial charge in [-0.05, 0) is 30.5 Å². The number of fused-ring (bicyclic) bond motifs is 1. The van der Waals surface area contributed by atoms with E-state index < -0.39 is 11.7 Å². The van der Waals surface area contributed by atoms with Gasteiger partial charge in [-0.3, -0.25) is 0 Å². The van der Waals surface area contributed by atoms with Crippen LogP contribution in [0.5, 0.6) is 0 Å². The average Bonchev–Trinajstić information content (AvgIpc) is 3.12. The largest absolute Gasteiger partial charge is 0.440 e. The maximum absolute atomic E-state index is 13.1. The van der Waals surface area contributed by atoms with Crippen molar-refractivity contribution in [1.82, 2.24) is 10.3 Å². The number of benzene rings is 1. The smallest absolute Gasteiger partial charge is 0.420 e. The van der Waals surface area contributed by atoms with Gasteiger partial charge >= 0.3 is 6.18 Å². The highest BCUT2D eigenvalue weighted by Crippen LogP contribution is 2.36. The van der Waals surface area contributed by atoms with E-state index in [1.807, 2.05) is 0 Å². The van der Waals surface area contributed by atoms with Crippen molar-refractivity contribution in [3.63, 3.8) is 0 Å². The number of hydrogen-bond donors (Lipinski definition) is 1. The molecule has 0 amide bonds. The van der Waals surface area contributed by atoms with E-state index in [0.29, 0.717) is 30.5 Å². The molecule has 0 radical (unpaired) electrons. The Morgan fingerprint density at radius 1 is 1.35 bits per heavy atom. The maximum Gasteiger partial charge on any atom is 0.420 e. The summed E-state index contributed by atoms with van der Waals surface area (Å²) in [6.45, 7) is 2.23. The fourth-order valence-electron chi connectivity index (χ4n) is 2.15. The summed E-state index contributed by atoms with van der Waals surface area (Å²) in [7, 11) is 0. The van der Waals surface area contributed by atoms with Gasteiger partial charge in [0.15, 0.2) is 11.5 Å². The first kappa shape index (κ1) is 13.4. The Balaban J connectivity index is 2.03. The number of oxazole rings is 1. The first-order chi connectivity index (χ1) is 9.47. The first-order valence-electron chi connectivity index (χ1n) is 6.70. The first-order valence-corrected chi connectivity index (χ1v) is 6.70. The standard InChI is InChI=1S/C14H15F3N2O/c1-2-12-19-11-6-8(7-18-9-3-4-9)5-10(13(11)20-12)14(15,16)17/h5-6,9,18H,2-4,7H2,1H3. The van der Waals surface area contributed by atoms with E-state index in [2.05, 4.69) is 10.3 Å². The van der Waals surface area contributed by atoms with Crippen LogP contribution in [0, 0.1) is 0 Å². The van der Waals surface area contributed by atoms with Gasteiger partial charge in [-0.1, -0.05) is 6.92 Å². The van der Waals surface area contributed by atoms with Crippen LogP contribution in [0.25, 0.3) is 11.1 Å². The Hall–Kier alpha value is -1.56. The van der Waals surface area contributed by atoms with Gasteiger partial charge in [0.05, 0.1) is 0 Å². The summed E-state index contributed by atoms with van der Waals surface area (Å²) >= 11 is 0. The van der Waals surface area contributed by atoms with E-state index in [-0.39, 0.29) is 11.1 Å². The maximum atomic E-state index is 13.1. The van der Waals surface area contributed by atoms with Crippen LogP contribution in [0.2, 0.25) is 0 Å². The van der Waals surface area contributed by atoms with Crippen LogP contribution in [0.3, 0.4) is 0 Å². The number of hydrogen-bond acceptors (Lipinski definition) is 3. The van der Waals surface area contributed by atoms with Gasteiger partial charge < -0.3 is 9.73 Å². The van der Waals surface area contributed by atoms with Gasteiger partial charge in [0, 0.05) is 19.0 Å². The van der Waals surface area contributed by atoms with Gasteiger partial charge in [-0.25, -0.2) is 4.98 Å². The zero-order valence-corrected chi connectivity index (χ0v) is 11.0. The van der Waals surface area contributed by atoms with Crippen LogP contribution in [0.15, 0.2) is 16.5 Å². The van der Waals surface area contributed by atoms with Crippen molar-refractivity contribution in [3.8, 4) is 0 Å². The van der Waals surface area contributed by atoms with Crippen LogP contribution in [0.1, 0.15) is 36.8 Å². The lowest BCUT2D eigenvalue weighted by Gasteiger charge is -2.10.